The second kappa shape index (κ2) is 8.33. The second-order valence-electron chi connectivity index (χ2n) is 6.92. The molecule has 2 rings (SSSR count). The fourth-order valence-electron chi connectivity index (χ4n) is 3.55. The zero-order valence-electron chi connectivity index (χ0n) is 13.7. The maximum Gasteiger partial charge on any atom is 0.0297 e. The van der Waals surface area contributed by atoms with Crippen LogP contribution in [0.25, 0.3) is 0 Å². The second-order valence-corrected chi connectivity index (χ2v) is 9.95. The summed E-state index contributed by atoms with van der Waals surface area (Å²) in [6.07, 6.45) is 7.06. The average molecular weight is 316 g/mol. The molecule has 0 aromatic carbocycles. The summed E-state index contributed by atoms with van der Waals surface area (Å²) in [7, 11) is 0. The molecule has 0 amide bonds. The van der Waals surface area contributed by atoms with Gasteiger partial charge in [0, 0.05) is 27.5 Å². The lowest BCUT2D eigenvalue weighted by Crippen LogP contribution is -2.49. The molecule has 0 spiro atoms. The number of thioether (sulfide) groups is 2. The predicted molar refractivity (Wildman–Crippen MR) is 96.0 cm³/mol. The van der Waals surface area contributed by atoms with Gasteiger partial charge in [-0.05, 0) is 37.6 Å². The van der Waals surface area contributed by atoms with Crippen LogP contribution in [0.3, 0.4) is 0 Å². The summed E-state index contributed by atoms with van der Waals surface area (Å²) in [5.74, 6) is 3.24. The molecule has 20 heavy (non-hydrogen) atoms. The van der Waals surface area contributed by atoms with Crippen molar-refractivity contribution in [2.45, 2.75) is 81.6 Å². The maximum atomic E-state index is 3.92. The van der Waals surface area contributed by atoms with Crippen LogP contribution < -0.4 is 5.32 Å². The number of nitrogens with one attached hydrogen (secondary N) is 1. The SMILES string of the molecule is CCCNC(C1CCC(C)CC1)C1CSC(C)C(C)S1. The Morgan fingerprint density at radius 3 is 2.35 bits per heavy atom. The normalized spacial score (nSPS) is 40.5. The van der Waals surface area contributed by atoms with E-state index < -0.39 is 0 Å². The van der Waals surface area contributed by atoms with Crippen molar-refractivity contribution in [1.29, 1.82) is 0 Å². The monoisotopic (exact) mass is 315 g/mol. The quantitative estimate of drug-likeness (QED) is 0.782. The van der Waals surface area contributed by atoms with Gasteiger partial charge in [-0.1, -0.05) is 40.5 Å². The van der Waals surface area contributed by atoms with Crippen molar-refractivity contribution in [3.8, 4) is 0 Å². The van der Waals surface area contributed by atoms with E-state index in [1.165, 1.54) is 44.4 Å². The molecular weight excluding hydrogens is 282 g/mol. The Bertz CT molecular complexity index is 276. The molecule has 4 unspecified atom stereocenters. The minimum atomic E-state index is 0.759. The molecule has 0 aromatic heterocycles. The Kier molecular flexibility index (Phi) is 7.09. The Labute approximate surface area is 134 Å². The van der Waals surface area contributed by atoms with Crippen LogP contribution in [0.4, 0.5) is 0 Å². The zero-order valence-corrected chi connectivity index (χ0v) is 15.4. The standard InChI is InChI=1S/C17H33NS2/c1-5-10-18-17(15-8-6-12(2)7-9-15)16-11-19-13(3)14(4)20-16/h12-18H,5-11H2,1-4H3. The fourth-order valence-corrected chi connectivity index (χ4v) is 6.76. The number of rotatable bonds is 5. The molecule has 1 nitrogen and oxygen atoms in total. The van der Waals surface area contributed by atoms with Gasteiger partial charge in [-0.3, -0.25) is 0 Å². The van der Waals surface area contributed by atoms with Crippen LogP contribution in [-0.4, -0.2) is 34.1 Å². The molecule has 1 saturated carbocycles. The highest BCUT2D eigenvalue weighted by atomic mass is 32.2. The highest BCUT2D eigenvalue weighted by Gasteiger charge is 2.36. The van der Waals surface area contributed by atoms with Crippen molar-refractivity contribution < 1.29 is 0 Å². The Hall–Kier alpha value is 0.660. The molecule has 0 aromatic rings. The Morgan fingerprint density at radius 1 is 1.05 bits per heavy atom. The fraction of sp³-hybridized carbons (Fsp3) is 1.00. The van der Waals surface area contributed by atoms with Gasteiger partial charge in [0.25, 0.3) is 0 Å². The first-order valence-electron chi connectivity index (χ1n) is 8.62. The van der Waals surface area contributed by atoms with Crippen LogP contribution in [0.5, 0.6) is 0 Å². The van der Waals surface area contributed by atoms with E-state index in [9.17, 15) is 0 Å². The lowest BCUT2D eigenvalue weighted by Gasteiger charge is -2.41. The summed E-state index contributed by atoms with van der Waals surface area (Å²) in [6, 6.07) is 0.759. The van der Waals surface area contributed by atoms with E-state index in [0.29, 0.717) is 0 Å². The molecule has 4 atom stereocenters. The van der Waals surface area contributed by atoms with Gasteiger partial charge in [0.1, 0.15) is 0 Å². The van der Waals surface area contributed by atoms with E-state index in [1.54, 1.807) is 0 Å². The van der Waals surface area contributed by atoms with Crippen molar-refractivity contribution in [2.75, 3.05) is 12.3 Å². The van der Waals surface area contributed by atoms with Gasteiger partial charge < -0.3 is 5.32 Å². The summed E-state index contributed by atoms with van der Waals surface area (Å²) in [5, 5.41) is 6.40. The summed E-state index contributed by atoms with van der Waals surface area (Å²) in [5.41, 5.74) is 0. The van der Waals surface area contributed by atoms with E-state index in [-0.39, 0.29) is 0 Å². The number of hydrogen-bond acceptors (Lipinski definition) is 3. The van der Waals surface area contributed by atoms with E-state index in [4.69, 9.17) is 0 Å². The first-order chi connectivity index (χ1) is 9.61. The molecule has 1 aliphatic heterocycles. The van der Waals surface area contributed by atoms with Crippen molar-refractivity contribution >= 4 is 23.5 Å². The third-order valence-corrected chi connectivity index (χ3v) is 8.69. The van der Waals surface area contributed by atoms with Crippen molar-refractivity contribution in [2.24, 2.45) is 11.8 Å². The molecule has 2 fully saturated rings. The topological polar surface area (TPSA) is 12.0 Å². The highest BCUT2D eigenvalue weighted by Crippen LogP contribution is 2.41. The van der Waals surface area contributed by atoms with Crippen LogP contribution in [0.15, 0.2) is 0 Å². The van der Waals surface area contributed by atoms with Crippen molar-refractivity contribution in [3.63, 3.8) is 0 Å². The van der Waals surface area contributed by atoms with Crippen molar-refractivity contribution in [3.05, 3.63) is 0 Å². The van der Waals surface area contributed by atoms with E-state index in [1.807, 2.05) is 0 Å². The Morgan fingerprint density at radius 2 is 1.75 bits per heavy atom. The lowest BCUT2D eigenvalue weighted by atomic mass is 9.78. The van der Waals surface area contributed by atoms with Gasteiger partial charge in [0.2, 0.25) is 0 Å². The summed E-state index contributed by atoms with van der Waals surface area (Å²) < 4.78 is 0. The smallest absolute Gasteiger partial charge is 0.0297 e. The lowest BCUT2D eigenvalue weighted by molar-refractivity contribution is 0.229. The van der Waals surface area contributed by atoms with E-state index in [2.05, 4.69) is 56.5 Å². The first kappa shape index (κ1) is 17.0. The Balaban J connectivity index is 1.95. The van der Waals surface area contributed by atoms with Crippen LogP contribution in [0.2, 0.25) is 0 Å². The maximum absolute atomic E-state index is 3.92. The summed E-state index contributed by atoms with van der Waals surface area (Å²) in [4.78, 5) is 0. The third-order valence-electron chi connectivity index (χ3n) is 5.17. The molecule has 1 N–H and O–H groups in total. The average Bonchev–Trinajstić information content (AvgIpc) is 2.45. The largest absolute Gasteiger partial charge is 0.313 e. The highest BCUT2D eigenvalue weighted by molar-refractivity contribution is 8.07. The molecule has 118 valence electrons. The molecule has 1 saturated heterocycles. The molecule has 3 heteroatoms. The summed E-state index contributed by atoms with van der Waals surface area (Å²) >= 11 is 4.46. The van der Waals surface area contributed by atoms with Crippen molar-refractivity contribution in [1.82, 2.24) is 5.32 Å². The van der Waals surface area contributed by atoms with Gasteiger partial charge in [0.05, 0.1) is 0 Å². The van der Waals surface area contributed by atoms with Gasteiger partial charge >= 0.3 is 0 Å². The van der Waals surface area contributed by atoms with E-state index in [0.717, 1.165) is 33.6 Å². The minimum absolute atomic E-state index is 0.759. The van der Waals surface area contributed by atoms with Crippen LogP contribution in [-0.2, 0) is 0 Å². The van der Waals surface area contributed by atoms with Gasteiger partial charge in [0.15, 0.2) is 0 Å². The third kappa shape index (κ3) is 4.58. The molecule has 2 aliphatic rings. The molecular formula is C17H33NS2. The van der Waals surface area contributed by atoms with Crippen LogP contribution >= 0.6 is 23.5 Å². The van der Waals surface area contributed by atoms with Gasteiger partial charge in [-0.25, -0.2) is 0 Å². The number of hydrogen-bond donors (Lipinski definition) is 1. The molecule has 1 heterocycles. The predicted octanol–water partition coefficient (Wildman–Crippen LogP) is 4.81. The van der Waals surface area contributed by atoms with Gasteiger partial charge in [-0.15, -0.1) is 0 Å². The minimum Gasteiger partial charge on any atom is -0.313 e. The van der Waals surface area contributed by atoms with Crippen LogP contribution in [0.1, 0.15) is 59.8 Å². The molecule has 1 aliphatic carbocycles. The first-order valence-corrected chi connectivity index (χ1v) is 10.6. The molecule has 0 radical (unpaired) electrons. The van der Waals surface area contributed by atoms with E-state index >= 15 is 0 Å². The summed E-state index contributed by atoms with van der Waals surface area (Å²) in [6.45, 7) is 10.7. The zero-order chi connectivity index (χ0) is 14.5. The van der Waals surface area contributed by atoms with Gasteiger partial charge in [-0.2, -0.15) is 23.5 Å². The van der Waals surface area contributed by atoms with Crippen LogP contribution in [0, 0.1) is 11.8 Å². The molecule has 0 bridgehead atoms.